The third kappa shape index (κ3) is 3.93. The Balaban J connectivity index is 1.22. The number of hydrogen-bond acceptors (Lipinski definition) is 7. The van der Waals surface area contributed by atoms with Gasteiger partial charge in [-0.15, -0.1) is 11.3 Å². The fourth-order valence-electron chi connectivity index (χ4n) is 4.70. The molecule has 4 aromatic heterocycles. The number of benzene rings is 1. The minimum Gasteiger partial charge on any atom is -0.358 e. The summed E-state index contributed by atoms with van der Waals surface area (Å²) in [6.07, 6.45) is 4.30. The first-order chi connectivity index (χ1) is 17.1. The molecule has 6 rings (SSSR count). The molecule has 0 spiro atoms. The van der Waals surface area contributed by atoms with Gasteiger partial charge in [-0.1, -0.05) is 19.1 Å². The van der Waals surface area contributed by atoms with Crippen LogP contribution in [0, 0.1) is 0 Å². The first-order valence-electron chi connectivity index (χ1n) is 11.9. The van der Waals surface area contributed by atoms with Gasteiger partial charge in [-0.2, -0.15) is 0 Å². The van der Waals surface area contributed by atoms with Gasteiger partial charge in [0, 0.05) is 31.9 Å². The van der Waals surface area contributed by atoms with Gasteiger partial charge < -0.3 is 19.4 Å². The zero-order valence-electron chi connectivity index (χ0n) is 19.7. The van der Waals surface area contributed by atoms with E-state index in [0.717, 1.165) is 63.2 Å². The Kier molecular flexibility index (Phi) is 5.44. The van der Waals surface area contributed by atoms with Gasteiger partial charge in [0.15, 0.2) is 11.5 Å². The highest BCUT2D eigenvalue weighted by Gasteiger charge is 2.31. The maximum Gasteiger partial charge on any atom is 0.242 e. The molecule has 1 saturated heterocycles. The van der Waals surface area contributed by atoms with Crippen LogP contribution < -0.4 is 4.90 Å². The lowest BCUT2D eigenvalue weighted by atomic mass is 10.2. The molecule has 0 radical (unpaired) electrons. The minimum atomic E-state index is 0.0645. The average molecular weight is 487 g/mol. The lowest BCUT2D eigenvalue weighted by Crippen LogP contribution is -2.54. The van der Waals surface area contributed by atoms with Crippen molar-refractivity contribution in [1.29, 1.82) is 0 Å². The molecule has 0 aliphatic carbocycles. The summed E-state index contributed by atoms with van der Waals surface area (Å²) >= 11 is 1.72. The molecule has 1 fully saturated rings. The molecule has 1 unspecified atom stereocenters. The molecule has 35 heavy (non-hydrogen) atoms. The highest BCUT2D eigenvalue weighted by Crippen LogP contribution is 2.37. The molecule has 5 aromatic rings. The van der Waals surface area contributed by atoms with E-state index in [-0.39, 0.29) is 18.5 Å². The number of piperazine rings is 1. The monoisotopic (exact) mass is 486 g/mol. The van der Waals surface area contributed by atoms with E-state index in [0.29, 0.717) is 6.54 Å². The maximum atomic E-state index is 13.2. The third-order valence-corrected chi connectivity index (χ3v) is 7.75. The summed E-state index contributed by atoms with van der Waals surface area (Å²) in [4.78, 5) is 39.4. The molecule has 0 bridgehead atoms. The zero-order valence-corrected chi connectivity index (χ0v) is 20.5. The van der Waals surface area contributed by atoms with Crippen molar-refractivity contribution in [3.63, 3.8) is 0 Å². The summed E-state index contributed by atoms with van der Waals surface area (Å²) in [7, 11) is 0. The highest BCUT2D eigenvalue weighted by atomic mass is 32.1. The number of aromatic nitrogens is 6. The SMILES string of the molecule is CCc1nc(-c2nc3ccccc3[nH]2)c(N2CCN(C(=O)Cn3cnc4cccnc43)C(C)C2)s1. The van der Waals surface area contributed by atoms with Crippen LogP contribution in [0.5, 0.6) is 0 Å². The number of nitrogens with zero attached hydrogens (tertiary/aromatic N) is 7. The number of rotatable bonds is 5. The molecule has 0 saturated carbocycles. The Labute approximate surface area is 206 Å². The Morgan fingerprint density at radius 1 is 1.11 bits per heavy atom. The topological polar surface area (TPSA) is 95.8 Å². The first kappa shape index (κ1) is 21.7. The fourth-order valence-corrected chi connectivity index (χ4v) is 5.74. The number of carbonyl (C=O) groups is 1. The predicted molar refractivity (Wildman–Crippen MR) is 137 cm³/mol. The smallest absolute Gasteiger partial charge is 0.242 e. The number of aryl methyl sites for hydroxylation is 1. The van der Waals surface area contributed by atoms with Gasteiger partial charge in [-0.05, 0) is 37.6 Å². The van der Waals surface area contributed by atoms with Crippen LogP contribution in [0.2, 0.25) is 0 Å². The molecule has 1 amide bonds. The molecule has 5 heterocycles. The summed E-state index contributed by atoms with van der Waals surface area (Å²) in [5.41, 5.74) is 4.37. The van der Waals surface area contributed by atoms with E-state index in [9.17, 15) is 4.79 Å². The number of fused-ring (bicyclic) bond motifs is 2. The van der Waals surface area contributed by atoms with E-state index >= 15 is 0 Å². The third-order valence-electron chi connectivity index (χ3n) is 6.48. The largest absolute Gasteiger partial charge is 0.358 e. The van der Waals surface area contributed by atoms with E-state index in [1.165, 1.54) is 0 Å². The quantitative estimate of drug-likeness (QED) is 0.407. The van der Waals surface area contributed by atoms with Crippen molar-refractivity contribution in [3.8, 4) is 11.5 Å². The molecular weight excluding hydrogens is 460 g/mol. The van der Waals surface area contributed by atoms with Crippen molar-refractivity contribution in [3.05, 3.63) is 53.9 Å². The molecule has 10 heteroatoms. The van der Waals surface area contributed by atoms with E-state index in [4.69, 9.17) is 9.97 Å². The Morgan fingerprint density at radius 3 is 2.80 bits per heavy atom. The zero-order chi connectivity index (χ0) is 23.9. The van der Waals surface area contributed by atoms with Crippen molar-refractivity contribution in [1.82, 2.24) is 34.4 Å². The van der Waals surface area contributed by atoms with Crippen molar-refractivity contribution in [2.75, 3.05) is 24.5 Å². The number of thiazole rings is 1. The number of pyridine rings is 1. The summed E-state index contributed by atoms with van der Waals surface area (Å²) < 4.78 is 1.83. The van der Waals surface area contributed by atoms with Crippen molar-refractivity contribution >= 4 is 44.4 Å². The van der Waals surface area contributed by atoms with E-state index in [1.54, 1.807) is 23.9 Å². The van der Waals surface area contributed by atoms with Crippen LogP contribution in [0.3, 0.4) is 0 Å². The van der Waals surface area contributed by atoms with Gasteiger partial charge in [0.1, 0.15) is 22.8 Å². The van der Waals surface area contributed by atoms with Gasteiger partial charge in [-0.25, -0.2) is 19.9 Å². The molecule has 1 N–H and O–H groups in total. The minimum absolute atomic E-state index is 0.0645. The summed E-state index contributed by atoms with van der Waals surface area (Å²) in [6.45, 7) is 6.61. The van der Waals surface area contributed by atoms with Gasteiger partial charge in [0.2, 0.25) is 5.91 Å². The Bertz CT molecular complexity index is 1490. The number of para-hydroxylation sites is 2. The van der Waals surface area contributed by atoms with Crippen LogP contribution in [0.25, 0.3) is 33.7 Å². The summed E-state index contributed by atoms with van der Waals surface area (Å²) in [5.74, 6) is 0.876. The van der Waals surface area contributed by atoms with Crippen LogP contribution in [0.15, 0.2) is 48.9 Å². The number of nitrogens with one attached hydrogen (secondary N) is 1. The summed E-state index contributed by atoms with van der Waals surface area (Å²) in [6, 6.07) is 11.9. The van der Waals surface area contributed by atoms with Gasteiger partial charge in [-0.3, -0.25) is 4.79 Å². The highest BCUT2D eigenvalue weighted by molar-refractivity contribution is 7.16. The fraction of sp³-hybridized carbons (Fsp3) is 0.320. The van der Waals surface area contributed by atoms with Crippen LogP contribution in [-0.4, -0.2) is 66.0 Å². The van der Waals surface area contributed by atoms with E-state index in [2.05, 4.69) is 33.7 Å². The van der Waals surface area contributed by atoms with Crippen LogP contribution in [0.1, 0.15) is 18.9 Å². The number of amides is 1. The second-order valence-corrected chi connectivity index (χ2v) is 9.88. The molecule has 9 nitrogen and oxygen atoms in total. The molecule has 178 valence electrons. The number of anilines is 1. The van der Waals surface area contributed by atoms with Gasteiger partial charge in [0.25, 0.3) is 0 Å². The molecule has 1 aliphatic rings. The van der Waals surface area contributed by atoms with E-state index in [1.807, 2.05) is 45.9 Å². The second-order valence-electron chi connectivity index (χ2n) is 8.82. The van der Waals surface area contributed by atoms with Crippen molar-refractivity contribution in [2.24, 2.45) is 0 Å². The van der Waals surface area contributed by atoms with Crippen LogP contribution >= 0.6 is 11.3 Å². The Hall–Kier alpha value is -3.79. The average Bonchev–Trinajstić information content (AvgIpc) is 3.60. The molecule has 1 aliphatic heterocycles. The van der Waals surface area contributed by atoms with Crippen LogP contribution in [0.4, 0.5) is 5.00 Å². The number of carbonyl (C=O) groups excluding carboxylic acids is 1. The number of imidazole rings is 2. The van der Waals surface area contributed by atoms with Crippen molar-refractivity contribution in [2.45, 2.75) is 32.9 Å². The normalized spacial score (nSPS) is 16.5. The number of aromatic amines is 1. The molecule has 1 aromatic carbocycles. The summed E-state index contributed by atoms with van der Waals surface area (Å²) in [5, 5.41) is 2.20. The first-order valence-corrected chi connectivity index (χ1v) is 12.7. The molecular formula is C25H26N8OS. The van der Waals surface area contributed by atoms with Crippen LogP contribution in [-0.2, 0) is 17.8 Å². The standard InChI is InChI=1S/C25H26N8OS/c1-3-20-30-22(23-28-17-7-4-5-8-18(17)29-23)25(35-20)31-11-12-33(16(2)13-31)21(34)14-32-15-27-19-9-6-10-26-24(19)32/h4-10,15-16H,3,11-14H2,1-2H3,(H,28,29). The Morgan fingerprint density at radius 2 is 1.97 bits per heavy atom. The van der Waals surface area contributed by atoms with Crippen molar-refractivity contribution < 1.29 is 4.79 Å². The lowest BCUT2D eigenvalue weighted by Gasteiger charge is -2.40. The molecule has 1 atom stereocenters. The number of H-pyrrole nitrogens is 1. The maximum absolute atomic E-state index is 13.2. The van der Waals surface area contributed by atoms with Gasteiger partial charge in [0.05, 0.1) is 22.4 Å². The number of hydrogen-bond donors (Lipinski definition) is 1. The second kappa shape index (κ2) is 8.77. The lowest BCUT2D eigenvalue weighted by molar-refractivity contribution is -0.134. The predicted octanol–water partition coefficient (Wildman–Crippen LogP) is 3.73. The van der Waals surface area contributed by atoms with Gasteiger partial charge >= 0.3 is 0 Å². The van der Waals surface area contributed by atoms with E-state index < -0.39 is 0 Å².